The molecule has 3 N–H and O–H groups in total. The molecule has 0 bridgehead atoms. The zero-order chi connectivity index (χ0) is 26.1. The van der Waals surface area contributed by atoms with Gasteiger partial charge in [0.1, 0.15) is 0 Å². The number of esters is 1. The predicted octanol–water partition coefficient (Wildman–Crippen LogP) is 3.92. The molecule has 0 aliphatic carbocycles. The lowest BCUT2D eigenvalue weighted by Gasteiger charge is -2.29. The lowest BCUT2D eigenvalue weighted by molar-refractivity contribution is -0.139. The molecule has 192 valence electrons. The molecule has 0 saturated carbocycles. The van der Waals surface area contributed by atoms with Crippen molar-refractivity contribution >= 4 is 17.9 Å². The van der Waals surface area contributed by atoms with Crippen LogP contribution < -0.4 is 25.4 Å². The zero-order valence-corrected chi connectivity index (χ0v) is 21.1. The Bertz CT molecular complexity index is 1120. The number of methoxy groups -OCH3 is 1. The summed E-state index contributed by atoms with van der Waals surface area (Å²) < 4.78 is 16.5. The van der Waals surface area contributed by atoms with Gasteiger partial charge in [0.25, 0.3) is 5.91 Å². The second kappa shape index (κ2) is 12.6. The molecule has 0 fully saturated rings. The van der Waals surface area contributed by atoms with Gasteiger partial charge in [-0.05, 0) is 43.5 Å². The molecule has 2 aromatic carbocycles. The first-order valence-electron chi connectivity index (χ1n) is 12.0. The summed E-state index contributed by atoms with van der Waals surface area (Å²) in [4.78, 5) is 37.6. The summed E-state index contributed by atoms with van der Waals surface area (Å²) in [7, 11) is 1.48. The van der Waals surface area contributed by atoms with Gasteiger partial charge in [-0.15, -0.1) is 0 Å². The number of hydrogen-bond donors (Lipinski definition) is 3. The minimum absolute atomic E-state index is 0.166. The molecule has 0 unspecified atom stereocenters. The molecule has 9 nitrogen and oxygen atoms in total. The highest BCUT2D eigenvalue weighted by Gasteiger charge is 2.33. The van der Waals surface area contributed by atoms with Gasteiger partial charge >= 0.3 is 12.0 Å². The van der Waals surface area contributed by atoms with E-state index in [-0.39, 0.29) is 25.2 Å². The maximum atomic E-state index is 12.8. The normalized spacial score (nSPS) is 15.9. The molecule has 1 aliphatic heterocycles. The van der Waals surface area contributed by atoms with Crippen molar-refractivity contribution in [1.29, 1.82) is 0 Å². The van der Waals surface area contributed by atoms with Gasteiger partial charge in [0.05, 0.1) is 31.4 Å². The van der Waals surface area contributed by atoms with Gasteiger partial charge < -0.3 is 30.2 Å². The van der Waals surface area contributed by atoms with Crippen LogP contribution in [0.3, 0.4) is 0 Å². The number of amides is 3. The summed E-state index contributed by atoms with van der Waals surface area (Å²) in [5, 5.41) is 8.44. The smallest absolute Gasteiger partial charge is 0.338 e. The highest BCUT2D eigenvalue weighted by molar-refractivity contribution is 5.95. The number of ether oxygens (including phenoxy) is 3. The van der Waals surface area contributed by atoms with E-state index in [0.717, 1.165) is 12.0 Å². The van der Waals surface area contributed by atoms with Gasteiger partial charge in [-0.1, -0.05) is 49.7 Å². The third-order valence-electron chi connectivity index (χ3n) is 5.71. The van der Waals surface area contributed by atoms with E-state index < -0.39 is 18.0 Å². The summed E-state index contributed by atoms with van der Waals surface area (Å²) in [5.74, 6) is -0.0503. The number of allylic oxidation sites excluding steroid dienone is 1. The van der Waals surface area contributed by atoms with E-state index in [0.29, 0.717) is 34.8 Å². The minimum Gasteiger partial charge on any atom is -0.493 e. The Hall–Kier alpha value is -4.01. The van der Waals surface area contributed by atoms with E-state index in [1.165, 1.54) is 7.11 Å². The number of nitrogens with one attached hydrogen (secondary N) is 3. The molecule has 36 heavy (non-hydrogen) atoms. The van der Waals surface area contributed by atoms with Crippen LogP contribution in [0, 0.1) is 0 Å². The average Bonchev–Trinajstić information content (AvgIpc) is 2.87. The van der Waals surface area contributed by atoms with Crippen LogP contribution in [-0.2, 0) is 14.3 Å². The number of rotatable bonds is 11. The Labute approximate surface area is 211 Å². The van der Waals surface area contributed by atoms with E-state index in [9.17, 15) is 14.4 Å². The van der Waals surface area contributed by atoms with Crippen LogP contribution in [0.1, 0.15) is 56.8 Å². The lowest BCUT2D eigenvalue weighted by Crippen LogP contribution is -2.46. The van der Waals surface area contributed by atoms with Crippen LogP contribution >= 0.6 is 0 Å². The van der Waals surface area contributed by atoms with Crippen molar-refractivity contribution in [2.24, 2.45) is 0 Å². The van der Waals surface area contributed by atoms with Gasteiger partial charge in [-0.25, -0.2) is 9.59 Å². The molecular formula is C27H33N3O6. The van der Waals surface area contributed by atoms with Crippen LogP contribution in [0.2, 0.25) is 0 Å². The van der Waals surface area contributed by atoms with Crippen LogP contribution in [0.5, 0.6) is 11.5 Å². The molecule has 1 heterocycles. The van der Waals surface area contributed by atoms with Gasteiger partial charge in [-0.3, -0.25) is 4.79 Å². The second-order valence-electron chi connectivity index (χ2n) is 8.29. The summed E-state index contributed by atoms with van der Waals surface area (Å²) in [6, 6.07) is 13.4. The number of urea groups is 1. The molecule has 0 saturated heterocycles. The Morgan fingerprint density at radius 3 is 2.50 bits per heavy atom. The van der Waals surface area contributed by atoms with Gasteiger partial charge in [0, 0.05) is 5.70 Å². The third kappa shape index (κ3) is 6.56. The van der Waals surface area contributed by atoms with Crippen molar-refractivity contribution < 1.29 is 28.6 Å². The number of carbonyl (C=O) groups is 3. The topological polar surface area (TPSA) is 115 Å². The molecule has 2 aromatic rings. The highest BCUT2D eigenvalue weighted by atomic mass is 16.5. The van der Waals surface area contributed by atoms with Crippen molar-refractivity contribution in [3.8, 4) is 11.5 Å². The largest absolute Gasteiger partial charge is 0.493 e. The molecular weight excluding hydrogens is 462 g/mol. The number of hydrogen-bond acceptors (Lipinski definition) is 6. The maximum Gasteiger partial charge on any atom is 0.338 e. The van der Waals surface area contributed by atoms with Crippen molar-refractivity contribution in [2.75, 3.05) is 20.3 Å². The molecule has 3 amide bonds. The van der Waals surface area contributed by atoms with E-state index in [1.54, 1.807) is 25.1 Å². The lowest BCUT2D eigenvalue weighted by atomic mass is 9.93. The predicted molar refractivity (Wildman–Crippen MR) is 134 cm³/mol. The van der Waals surface area contributed by atoms with Crippen LogP contribution in [0.15, 0.2) is 59.8 Å². The fraction of sp³-hybridized carbons (Fsp3) is 0.370. The van der Waals surface area contributed by atoms with Crippen molar-refractivity contribution in [3.63, 3.8) is 0 Å². The standard InChI is InChI=1S/C27H33N3O6/c1-5-10-20-24(26(32)35-6-2)25(30-27(33)29-20)19-13-14-21(22(15-19)34-4)36-16-23(31)28-17(3)18-11-8-7-9-12-18/h7-9,11-15,17,25H,5-6,10,16H2,1-4H3,(H,28,31)(H2,29,30,33)/t17-,25+/m1/s1. The summed E-state index contributed by atoms with van der Waals surface area (Å²) in [6.45, 7) is 5.60. The average molecular weight is 496 g/mol. The Balaban J connectivity index is 1.78. The maximum absolute atomic E-state index is 12.8. The summed E-state index contributed by atoms with van der Waals surface area (Å²) >= 11 is 0. The van der Waals surface area contributed by atoms with Crippen LogP contribution in [-0.4, -0.2) is 38.2 Å². The Morgan fingerprint density at radius 2 is 1.83 bits per heavy atom. The summed E-state index contributed by atoms with van der Waals surface area (Å²) in [5.41, 5.74) is 2.49. The van der Waals surface area contributed by atoms with E-state index in [4.69, 9.17) is 14.2 Å². The monoisotopic (exact) mass is 495 g/mol. The Morgan fingerprint density at radius 1 is 1.08 bits per heavy atom. The fourth-order valence-corrected chi connectivity index (χ4v) is 4.00. The van der Waals surface area contributed by atoms with E-state index in [2.05, 4.69) is 16.0 Å². The van der Waals surface area contributed by atoms with Crippen LogP contribution in [0.25, 0.3) is 0 Å². The van der Waals surface area contributed by atoms with E-state index >= 15 is 0 Å². The SMILES string of the molecule is CCCC1=C(C(=O)OCC)[C@H](c2ccc(OCC(=O)N[C@H](C)c3ccccc3)c(OC)c2)NC(=O)N1. The zero-order valence-electron chi connectivity index (χ0n) is 21.1. The molecule has 3 rings (SSSR count). The van der Waals surface area contributed by atoms with Crippen molar-refractivity contribution in [3.05, 3.63) is 70.9 Å². The van der Waals surface area contributed by atoms with Gasteiger partial charge in [-0.2, -0.15) is 0 Å². The highest BCUT2D eigenvalue weighted by Crippen LogP contribution is 2.35. The molecule has 1 aliphatic rings. The quantitative estimate of drug-likeness (QED) is 0.407. The Kier molecular flexibility index (Phi) is 9.32. The molecule has 2 atom stereocenters. The first-order valence-corrected chi connectivity index (χ1v) is 12.0. The van der Waals surface area contributed by atoms with Crippen molar-refractivity contribution in [2.45, 2.75) is 45.7 Å². The summed E-state index contributed by atoms with van der Waals surface area (Å²) in [6.07, 6.45) is 1.26. The second-order valence-corrected chi connectivity index (χ2v) is 8.29. The molecule has 9 heteroatoms. The van der Waals surface area contributed by atoms with Gasteiger partial charge in [0.15, 0.2) is 18.1 Å². The first-order chi connectivity index (χ1) is 17.4. The minimum atomic E-state index is -0.725. The van der Waals surface area contributed by atoms with Crippen LogP contribution in [0.4, 0.5) is 4.79 Å². The number of carbonyl (C=O) groups excluding carboxylic acids is 3. The molecule has 0 radical (unpaired) electrons. The number of benzene rings is 2. The van der Waals surface area contributed by atoms with E-state index in [1.807, 2.05) is 44.2 Å². The first kappa shape index (κ1) is 26.6. The van der Waals surface area contributed by atoms with Gasteiger partial charge in [0.2, 0.25) is 0 Å². The molecule has 0 aromatic heterocycles. The third-order valence-corrected chi connectivity index (χ3v) is 5.71. The van der Waals surface area contributed by atoms with Crippen molar-refractivity contribution in [1.82, 2.24) is 16.0 Å². The fourth-order valence-electron chi connectivity index (χ4n) is 4.00. The molecule has 0 spiro atoms.